The SMILES string of the molecule is CC1=CCC[C@@H](C)[C@@]1(C)CC/C(C)=C/CC/C(C)=C/CCC1=CC(=O)OC1. The van der Waals surface area contributed by atoms with Gasteiger partial charge in [0.2, 0.25) is 0 Å². The second kappa shape index (κ2) is 10.1. The molecule has 150 valence electrons. The predicted octanol–water partition coefficient (Wildman–Crippen LogP) is 7.09. The molecule has 2 heteroatoms. The minimum atomic E-state index is -0.187. The van der Waals surface area contributed by atoms with E-state index in [4.69, 9.17) is 4.74 Å². The standard InChI is InChI=1S/C25H38O2/c1-19(11-7-14-23-17-24(26)27-18-23)9-6-10-20(2)15-16-25(5)21(3)12-8-13-22(25)4/h10-12,17,22H,6-9,13-16,18H2,1-5H3/b19-11+,20-10+/t22-,25+/m1/s1. The van der Waals surface area contributed by atoms with Crippen molar-refractivity contribution in [3.8, 4) is 0 Å². The Morgan fingerprint density at radius 2 is 1.93 bits per heavy atom. The van der Waals surface area contributed by atoms with Crippen molar-refractivity contribution in [1.82, 2.24) is 0 Å². The van der Waals surface area contributed by atoms with E-state index in [9.17, 15) is 4.79 Å². The minimum absolute atomic E-state index is 0.187. The fourth-order valence-corrected chi connectivity index (χ4v) is 4.20. The van der Waals surface area contributed by atoms with Gasteiger partial charge in [-0.15, -0.1) is 0 Å². The Morgan fingerprint density at radius 3 is 2.59 bits per heavy atom. The van der Waals surface area contributed by atoms with Crippen LogP contribution in [0.2, 0.25) is 0 Å². The van der Waals surface area contributed by atoms with Crippen LogP contribution < -0.4 is 0 Å². The summed E-state index contributed by atoms with van der Waals surface area (Å²) < 4.78 is 4.94. The van der Waals surface area contributed by atoms with E-state index >= 15 is 0 Å². The van der Waals surface area contributed by atoms with Crippen molar-refractivity contribution >= 4 is 5.97 Å². The van der Waals surface area contributed by atoms with Gasteiger partial charge >= 0.3 is 5.97 Å². The lowest BCUT2D eigenvalue weighted by Gasteiger charge is -2.40. The molecule has 0 aromatic carbocycles. The first-order valence-corrected chi connectivity index (χ1v) is 10.7. The largest absolute Gasteiger partial charge is 0.458 e. The number of cyclic esters (lactones) is 1. The fraction of sp³-hybridized carbons (Fsp3) is 0.640. The molecule has 2 aliphatic rings. The number of ether oxygens (including phenoxy) is 1. The van der Waals surface area contributed by atoms with Crippen LogP contribution in [0.4, 0.5) is 0 Å². The first-order valence-electron chi connectivity index (χ1n) is 10.7. The van der Waals surface area contributed by atoms with Gasteiger partial charge in [0.15, 0.2) is 0 Å². The molecule has 0 amide bonds. The number of carbonyl (C=O) groups is 1. The van der Waals surface area contributed by atoms with E-state index < -0.39 is 0 Å². The lowest BCUT2D eigenvalue weighted by Crippen LogP contribution is -2.29. The maximum absolute atomic E-state index is 11.0. The third kappa shape index (κ3) is 6.52. The average molecular weight is 371 g/mol. The Labute approximate surface area is 166 Å². The second-order valence-corrected chi connectivity index (χ2v) is 8.87. The van der Waals surface area contributed by atoms with Crippen LogP contribution in [0.15, 0.2) is 46.6 Å². The van der Waals surface area contributed by atoms with Gasteiger partial charge in [0.1, 0.15) is 6.61 Å². The average Bonchev–Trinajstić information content (AvgIpc) is 3.03. The lowest BCUT2D eigenvalue weighted by atomic mass is 9.65. The normalized spacial score (nSPS) is 26.7. The van der Waals surface area contributed by atoms with Gasteiger partial charge in [-0.1, -0.05) is 48.8 Å². The van der Waals surface area contributed by atoms with E-state index in [1.165, 1.54) is 36.8 Å². The van der Waals surface area contributed by atoms with Gasteiger partial charge in [-0.2, -0.15) is 0 Å². The molecule has 1 aliphatic heterocycles. The van der Waals surface area contributed by atoms with Crippen LogP contribution in [0.1, 0.15) is 86.0 Å². The van der Waals surface area contributed by atoms with Crippen LogP contribution in [0.5, 0.6) is 0 Å². The number of hydrogen-bond acceptors (Lipinski definition) is 2. The molecule has 0 radical (unpaired) electrons. The molecule has 0 bridgehead atoms. The van der Waals surface area contributed by atoms with Crippen LogP contribution in [0.25, 0.3) is 0 Å². The molecule has 0 N–H and O–H groups in total. The van der Waals surface area contributed by atoms with Crippen LogP contribution in [-0.4, -0.2) is 12.6 Å². The summed E-state index contributed by atoms with van der Waals surface area (Å²) in [5.41, 5.74) is 6.06. The van der Waals surface area contributed by atoms with E-state index in [0.29, 0.717) is 12.0 Å². The molecule has 0 saturated heterocycles. The summed E-state index contributed by atoms with van der Waals surface area (Å²) in [6.45, 7) is 12.2. The molecule has 0 aromatic rings. The molecule has 0 aromatic heterocycles. The van der Waals surface area contributed by atoms with E-state index in [0.717, 1.165) is 37.2 Å². The van der Waals surface area contributed by atoms with Crippen LogP contribution in [-0.2, 0) is 9.53 Å². The van der Waals surface area contributed by atoms with Crippen molar-refractivity contribution in [2.24, 2.45) is 11.3 Å². The van der Waals surface area contributed by atoms with Gasteiger partial charge in [0.25, 0.3) is 0 Å². The Balaban J connectivity index is 1.71. The zero-order valence-electron chi connectivity index (χ0n) is 18.1. The molecule has 0 saturated carbocycles. The molecule has 0 unspecified atom stereocenters. The van der Waals surface area contributed by atoms with Gasteiger partial charge in [-0.3, -0.25) is 0 Å². The van der Waals surface area contributed by atoms with Gasteiger partial charge in [0, 0.05) is 6.08 Å². The highest BCUT2D eigenvalue weighted by molar-refractivity contribution is 5.85. The van der Waals surface area contributed by atoms with Crippen LogP contribution in [0, 0.1) is 11.3 Å². The Bertz CT molecular complexity index is 647. The number of allylic oxidation sites excluding steroid dienone is 6. The molecule has 1 aliphatic carbocycles. The third-order valence-corrected chi connectivity index (χ3v) is 6.79. The van der Waals surface area contributed by atoms with Crippen molar-refractivity contribution in [2.45, 2.75) is 86.0 Å². The first kappa shape index (κ1) is 21.7. The topological polar surface area (TPSA) is 26.3 Å². The highest BCUT2D eigenvalue weighted by Gasteiger charge is 2.34. The van der Waals surface area contributed by atoms with Crippen molar-refractivity contribution < 1.29 is 9.53 Å². The van der Waals surface area contributed by atoms with Gasteiger partial charge < -0.3 is 4.74 Å². The quantitative estimate of drug-likeness (QED) is 0.320. The summed E-state index contributed by atoms with van der Waals surface area (Å²) in [6, 6.07) is 0. The van der Waals surface area contributed by atoms with Gasteiger partial charge in [-0.25, -0.2) is 4.79 Å². The number of carbonyl (C=O) groups excluding carboxylic acids is 1. The van der Waals surface area contributed by atoms with Crippen molar-refractivity contribution in [3.05, 3.63) is 46.6 Å². The van der Waals surface area contributed by atoms with Gasteiger partial charge in [0.05, 0.1) is 0 Å². The second-order valence-electron chi connectivity index (χ2n) is 8.87. The summed E-state index contributed by atoms with van der Waals surface area (Å²) in [5.74, 6) is 0.602. The summed E-state index contributed by atoms with van der Waals surface area (Å²) in [6.07, 6.45) is 18.1. The van der Waals surface area contributed by atoms with E-state index in [-0.39, 0.29) is 5.97 Å². The minimum Gasteiger partial charge on any atom is -0.458 e. The lowest BCUT2D eigenvalue weighted by molar-refractivity contribution is -0.134. The van der Waals surface area contributed by atoms with Gasteiger partial charge in [-0.05, 0) is 89.0 Å². The maximum Gasteiger partial charge on any atom is 0.331 e. The van der Waals surface area contributed by atoms with E-state index in [1.54, 1.807) is 11.6 Å². The molecule has 2 atom stereocenters. The van der Waals surface area contributed by atoms with Crippen molar-refractivity contribution in [1.29, 1.82) is 0 Å². The number of esters is 1. The highest BCUT2D eigenvalue weighted by Crippen LogP contribution is 2.45. The number of hydrogen-bond donors (Lipinski definition) is 0. The molecule has 1 heterocycles. The molecule has 0 spiro atoms. The molecule has 2 nitrogen and oxygen atoms in total. The van der Waals surface area contributed by atoms with Crippen molar-refractivity contribution in [3.63, 3.8) is 0 Å². The summed E-state index contributed by atoms with van der Waals surface area (Å²) in [4.78, 5) is 11.0. The van der Waals surface area contributed by atoms with Crippen LogP contribution >= 0.6 is 0 Å². The smallest absolute Gasteiger partial charge is 0.331 e. The molecule has 2 rings (SSSR count). The molecule has 0 fully saturated rings. The molecular weight excluding hydrogens is 332 g/mol. The van der Waals surface area contributed by atoms with Crippen molar-refractivity contribution in [2.75, 3.05) is 6.61 Å². The summed E-state index contributed by atoms with van der Waals surface area (Å²) in [5, 5.41) is 0. The predicted molar refractivity (Wildman–Crippen MR) is 115 cm³/mol. The summed E-state index contributed by atoms with van der Waals surface area (Å²) in [7, 11) is 0. The van der Waals surface area contributed by atoms with Crippen LogP contribution in [0.3, 0.4) is 0 Å². The van der Waals surface area contributed by atoms with E-state index in [2.05, 4.69) is 52.8 Å². The highest BCUT2D eigenvalue weighted by atomic mass is 16.5. The maximum atomic E-state index is 11.0. The summed E-state index contributed by atoms with van der Waals surface area (Å²) >= 11 is 0. The Hall–Kier alpha value is -1.57. The molecule has 27 heavy (non-hydrogen) atoms. The monoisotopic (exact) mass is 370 g/mol. The fourth-order valence-electron chi connectivity index (χ4n) is 4.20. The Morgan fingerprint density at radius 1 is 1.22 bits per heavy atom. The van der Waals surface area contributed by atoms with E-state index in [1.807, 2.05) is 0 Å². The Kier molecular flexibility index (Phi) is 8.13. The first-order chi connectivity index (χ1) is 12.8. The number of rotatable bonds is 9. The zero-order valence-corrected chi connectivity index (χ0v) is 18.1. The zero-order chi connectivity index (χ0) is 19.9. The third-order valence-electron chi connectivity index (χ3n) is 6.79. The molecular formula is C25H38O2.